The molecule has 1 saturated heterocycles. The second-order valence-electron chi connectivity index (χ2n) is 9.18. The van der Waals surface area contributed by atoms with E-state index in [0.717, 1.165) is 51.3 Å². The van der Waals surface area contributed by atoms with Crippen molar-refractivity contribution < 1.29 is 14.3 Å². The molecule has 0 spiro atoms. The number of rotatable bonds is 7. The predicted octanol–water partition coefficient (Wildman–Crippen LogP) is 1.85. The third kappa shape index (κ3) is 5.73. The van der Waals surface area contributed by atoms with Gasteiger partial charge in [-0.15, -0.1) is 0 Å². The maximum Gasteiger partial charge on any atom is 0.265 e. The molecule has 2 amide bonds. The number of hydrogen-bond donors (Lipinski definition) is 1. The summed E-state index contributed by atoms with van der Waals surface area (Å²) < 4.78 is 5.56. The number of carbonyl (C=O) groups excluding carboxylic acids is 2. The molecular formula is C23H36N4O3. The summed E-state index contributed by atoms with van der Waals surface area (Å²) in [5, 5.41) is 2.97. The van der Waals surface area contributed by atoms with Gasteiger partial charge in [-0.05, 0) is 42.6 Å². The van der Waals surface area contributed by atoms with E-state index in [0.29, 0.717) is 18.0 Å². The summed E-state index contributed by atoms with van der Waals surface area (Å²) in [6, 6.07) is 5.88. The van der Waals surface area contributed by atoms with Crippen LogP contribution < -0.4 is 15.0 Å². The molecule has 1 N–H and O–H groups in total. The van der Waals surface area contributed by atoms with E-state index in [1.54, 1.807) is 4.90 Å². The van der Waals surface area contributed by atoms with Crippen LogP contribution in [0.25, 0.3) is 0 Å². The van der Waals surface area contributed by atoms with Crippen molar-refractivity contribution >= 4 is 17.5 Å². The lowest BCUT2D eigenvalue weighted by Crippen LogP contribution is -2.47. The number of nitrogens with one attached hydrogen (secondary N) is 1. The van der Waals surface area contributed by atoms with E-state index in [1.165, 1.54) is 0 Å². The zero-order chi connectivity index (χ0) is 21.7. The van der Waals surface area contributed by atoms with Gasteiger partial charge in [0.2, 0.25) is 5.91 Å². The van der Waals surface area contributed by atoms with Crippen molar-refractivity contribution in [3.63, 3.8) is 0 Å². The van der Waals surface area contributed by atoms with E-state index < -0.39 is 0 Å². The van der Waals surface area contributed by atoms with Gasteiger partial charge in [0, 0.05) is 32.7 Å². The Morgan fingerprint density at radius 3 is 2.50 bits per heavy atom. The van der Waals surface area contributed by atoms with Gasteiger partial charge >= 0.3 is 0 Å². The summed E-state index contributed by atoms with van der Waals surface area (Å²) in [5.41, 5.74) is 1.74. The standard InChI is InChI=1S/C23H36N4O3/c1-5-25-11-13-26(14-12-25)10-6-9-24-21(28)16-27-19-15-18(23(2,3)4)7-8-20(19)30-17-22(27)29/h7-8,15H,5-6,9-14,16-17H2,1-4H3,(H,24,28). The second kappa shape index (κ2) is 9.79. The van der Waals surface area contributed by atoms with Crippen LogP contribution in [0.15, 0.2) is 18.2 Å². The van der Waals surface area contributed by atoms with Crippen molar-refractivity contribution in [3.05, 3.63) is 23.8 Å². The first-order valence-corrected chi connectivity index (χ1v) is 11.1. The van der Waals surface area contributed by atoms with Gasteiger partial charge < -0.3 is 19.9 Å². The van der Waals surface area contributed by atoms with Crippen molar-refractivity contribution in [1.82, 2.24) is 15.1 Å². The zero-order valence-electron chi connectivity index (χ0n) is 18.9. The fourth-order valence-electron chi connectivity index (χ4n) is 3.90. The summed E-state index contributed by atoms with van der Waals surface area (Å²) in [7, 11) is 0. The SMILES string of the molecule is CCN1CCN(CCCNC(=O)CN2C(=O)COc3ccc(C(C)(C)C)cc32)CC1. The molecular weight excluding hydrogens is 380 g/mol. The Kier molecular flexibility index (Phi) is 7.36. The number of nitrogens with zero attached hydrogens (tertiary/aromatic N) is 3. The Morgan fingerprint density at radius 1 is 1.13 bits per heavy atom. The van der Waals surface area contributed by atoms with Crippen LogP contribution in [0.2, 0.25) is 0 Å². The smallest absolute Gasteiger partial charge is 0.265 e. The molecule has 1 aromatic rings. The van der Waals surface area contributed by atoms with Crippen molar-refractivity contribution in [2.75, 3.05) is 63.9 Å². The summed E-state index contributed by atoms with van der Waals surface area (Å²) in [6.07, 6.45) is 0.916. The Bertz CT molecular complexity index is 751. The zero-order valence-corrected chi connectivity index (χ0v) is 18.9. The van der Waals surface area contributed by atoms with Crippen molar-refractivity contribution in [1.29, 1.82) is 0 Å². The predicted molar refractivity (Wildman–Crippen MR) is 119 cm³/mol. The summed E-state index contributed by atoms with van der Waals surface area (Å²) in [4.78, 5) is 31.4. The van der Waals surface area contributed by atoms with Gasteiger partial charge in [0.1, 0.15) is 12.3 Å². The molecule has 30 heavy (non-hydrogen) atoms. The van der Waals surface area contributed by atoms with Crippen LogP contribution in [0, 0.1) is 0 Å². The van der Waals surface area contributed by atoms with Gasteiger partial charge in [0.05, 0.1) is 5.69 Å². The van der Waals surface area contributed by atoms with E-state index in [1.807, 2.05) is 18.2 Å². The molecule has 2 aliphatic rings. The van der Waals surface area contributed by atoms with E-state index in [2.05, 4.69) is 42.8 Å². The molecule has 0 aromatic heterocycles. The molecule has 0 radical (unpaired) electrons. The number of likely N-dealkylation sites (N-methyl/N-ethyl adjacent to an activating group) is 1. The monoisotopic (exact) mass is 416 g/mol. The van der Waals surface area contributed by atoms with Crippen LogP contribution >= 0.6 is 0 Å². The fraction of sp³-hybridized carbons (Fsp3) is 0.652. The molecule has 0 atom stereocenters. The largest absolute Gasteiger partial charge is 0.482 e. The van der Waals surface area contributed by atoms with Crippen LogP contribution in [0.5, 0.6) is 5.75 Å². The average Bonchev–Trinajstić information content (AvgIpc) is 2.72. The Hall–Kier alpha value is -2.12. The lowest BCUT2D eigenvalue weighted by molar-refractivity contribution is -0.125. The Balaban J connectivity index is 1.50. The Morgan fingerprint density at radius 2 is 1.83 bits per heavy atom. The van der Waals surface area contributed by atoms with E-state index in [9.17, 15) is 9.59 Å². The molecule has 0 aliphatic carbocycles. The molecule has 2 aliphatic heterocycles. The number of benzene rings is 1. The van der Waals surface area contributed by atoms with Crippen molar-refractivity contribution in [3.8, 4) is 5.75 Å². The minimum absolute atomic E-state index is 0.0258. The first-order valence-electron chi connectivity index (χ1n) is 11.1. The summed E-state index contributed by atoms with van der Waals surface area (Å²) in [6.45, 7) is 15.7. The molecule has 7 nitrogen and oxygen atoms in total. The minimum atomic E-state index is -0.183. The first-order chi connectivity index (χ1) is 14.3. The maximum atomic E-state index is 12.5. The number of piperazine rings is 1. The minimum Gasteiger partial charge on any atom is -0.482 e. The van der Waals surface area contributed by atoms with Crippen LogP contribution in [-0.4, -0.2) is 80.6 Å². The normalized spacial score (nSPS) is 18.1. The van der Waals surface area contributed by atoms with Crippen molar-refractivity contribution in [2.45, 2.75) is 39.5 Å². The molecule has 1 fully saturated rings. The van der Waals surface area contributed by atoms with Gasteiger partial charge in [0.25, 0.3) is 5.91 Å². The molecule has 3 rings (SSSR count). The van der Waals surface area contributed by atoms with E-state index in [-0.39, 0.29) is 30.4 Å². The molecule has 0 bridgehead atoms. The van der Waals surface area contributed by atoms with Gasteiger partial charge in [0.15, 0.2) is 6.61 Å². The number of fused-ring (bicyclic) bond motifs is 1. The quantitative estimate of drug-likeness (QED) is 0.688. The van der Waals surface area contributed by atoms with Crippen LogP contribution in [-0.2, 0) is 15.0 Å². The third-order valence-electron chi connectivity index (χ3n) is 5.96. The molecule has 166 valence electrons. The van der Waals surface area contributed by atoms with Crippen molar-refractivity contribution in [2.24, 2.45) is 0 Å². The van der Waals surface area contributed by atoms with E-state index in [4.69, 9.17) is 4.74 Å². The van der Waals surface area contributed by atoms with Crippen LogP contribution in [0.3, 0.4) is 0 Å². The molecule has 1 aromatic carbocycles. The second-order valence-corrected chi connectivity index (χ2v) is 9.18. The summed E-state index contributed by atoms with van der Waals surface area (Å²) >= 11 is 0. The molecule has 7 heteroatoms. The van der Waals surface area contributed by atoms with Gasteiger partial charge in [-0.2, -0.15) is 0 Å². The number of amides is 2. The molecule has 0 unspecified atom stereocenters. The van der Waals surface area contributed by atoms with Gasteiger partial charge in [-0.3, -0.25) is 14.5 Å². The number of ether oxygens (including phenoxy) is 1. The highest BCUT2D eigenvalue weighted by Crippen LogP contribution is 2.36. The average molecular weight is 417 g/mol. The highest BCUT2D eigenvalue weighted by atomic mass is 16.5. The van der Waals surface area contributed by atoms with Gasteiger partial charge in [-0.25, -0.2) is 0 Å². The number of carbonyl (C=O) groups is 2. The fourth-order valence-corrected chi connectivity index (χ4v) is 3.90. The Labute approximate surface area is 180 Å². The summed E-state index contributed by atoms with van der Waals surface area (Å²) in [5.74, 6) is 0.340. The topological polar surface area (TPSA) is 65.1 Å². The number of anilines is 1. The molecule has 2 heterocycles. The van der Waals surface area contributed by atoms with Crippen LogP contribution in [0.1, 0.15) is 39.7 Å². The first kappa shape index (κ1) is 22.6. The lowest BCUT2D eigenvalue weighted by Gasteiger charge is -2.34. The van der Waals surface area contributed by atoms with Gasteiger partial charge in [-0.1, -0.05) is 33.8 Å². The highest BCUT2D eigenvalue weighted by Gasteiger charge is 2.29. The highest BCUT2D eigenvalue weighted by molar-refractivity contribution is 6.02. The van der Waals surface area contributed by atoms with Crippen LogP contribution in [0.4, 0.5) is 5.69 Å². The third-order valence-corrected chi connectivity index (χ3v) is 5.96. The molecule has 0 saturated carbocycles. The van der Waals surface area contributed by atoms with E-state index >= 15 is 0 Å². The number of hydrogen-bond acceptors (Lipinski definition) is 5. The maximum absolute atomic E-state index is 12.5. The lowest BCUT2D eigenvalue weighted by atomic mass is 9.86.